The predicted molar refractivity (Wildman–Crippen MR) is 125 cm³/mol. The van der Waals surface area contributed by atoms with Gasteiger partial charge in [-0.25, -0.2) is 17.8 Å². The Labute approximate surface area is 205 Å². The van der Waals surface area contributed by atoms with Crippen LogP contribution in [0, 0.1) is 5.82 Å². The molecule has 1 unspecified atom stereocenters. The molecule has 13 heteroatoms. The van der Waals surface area contributed by atoms with E-state index in [-0.39, 0.29) is 17.1 Å². The molecule has 0 fully saturated rings. The van der Waals surface area contributed by atoms with E-state index in [1.807, 2.05) is 0 Å². The Hall–Kier alpha value is -3.58. The Bertz CT molecular complexity index is 1360. The van der Waals surface area contributed by atoms with Gasteiger partial charge in [0, 0.05) is 37.0 Å². The zero-order chi connectivity index (χ0) is 26.1. The average Bonchev–Trinajstić information content (AvgIpc) is 3.18. The standard InChI is InChI=1S/C23H22F4N4O4S/c1-28-11-14-13-31(36(32,33)17-5-3-4-15(24)8-17)20-10-22(29-12-18(14)20)30-19-7-6-16(9-21(19)34-2)35-23(25,26)27/h3-9,12-13,20,28H,10-11H2,1-2H3,(H,29,30). The first-order valence-electron chi connectivity index (χ1n) is 10.6. The summed E-state index contributed by atoms with van der Waals surface area (Å²) in [6.45, 7) is 0.379. The summed E-state index contributed by atoms with van der Waals surface area (Å²) in [7, 11) is -1.09. The van der Waals surface area contributed by atoms with Crippen molar-refractivity contribution >= 4 is 21.5 Å². The number of ether oxygens (including phenoxy) is 2. The van der Waals surface area contributed by atoms with Crippen LogP contribution >= 0.6 is 0 Å². The van der Waals surface area contributed by atoms with E-state index in [4.69, 9.17) is 4.74 Å². The number of alkyl halides is 3. The minimum absolute atomic E-state index is 0.0684. The molecule has 0 radical (unpaired) electrons. The van der Waals surface area contributed by atoms with Crippen molar-refractivity contribution < 1.29 is 35.5 Å². The molecule has 0 spiro atoms. The van der Waals surface area contributed by atoms with Crippen LogP contribution in [-0.2, 0) is 10.0 Å². The first-order chi connectivity index (χ1) is 17.0. The molecule has 0 aliphatic carbocycles. The topological polar surface area (TPSA) is 92.3 Å². The van der Waals surface area contributed by atoms with E-state index in [1.54, 1.807) is 7.05 Å². The molecule has 2 aliphatic heterocycles. The van der Waals surface area contributed by atoms with E-state index in [1.165, 1.54) is 42.0 Å². The summed E-state index contributed by atoms with van der Waals surface area (Å²) in [6, 6.07) is 7.61. The van der Waals surface area contributed by atoms with Crippen LogP contribution in [-0.4, -0.2) is 51.7 Å². The molecule has 2 aromatic carbocycles. The summed E-state index contributed by atoms with van der Waals surface area (Å²) in [5.41, 5.74) is 1.69. The van der Waals surface area contributed by atoms with Gasteiger partial charge in [0.15, 0.2) is 0 Å². The molecule has 2 aromatic rings. The van der Waals surface area contributed by atoms with Crippen LogP contribution in [0.4, 0.5) is 23.2 Å². The van der Waals surface area contributed by atoms with Crippen molar-refractivity contribution in [1.29, 1.82) is 0 Å². The van der Waals surface area contributed by atoms with Crippen molar-refractivity contribution in [2.45, 2.75) is 23.7 Å². The second kappa shape index (κ2) is 9.82. The van der Waals surface area contributed by atoms with Crippen molar-refractivity contribution in [3.05, 3.63) is 71.8 Å². The van der Waals surface area contributed by atoms with Crippen LogP contribution in [0.2, 0.25) is 0 Å². The van der Waals surface area contributed by atoms with E-state index in [0.717, 1.165) is 24.3 Å². The number of halogens is 4. The number of nitrogens with one attached hydrogen (secondary N) is 2. The SMILES string of the molecule is CNCC1=CN(S(=O)(=O)c2cccc(F)c2)C2CC(Nc3ccc(OC(F)(F)F)cc3OC)=NC=C12. The van der Waals surface area contributed by atoms with Crippen LogP contribution in [0.3, 0.4) is 0 Å². The average molecular weight is 527 g/mol. The lowest BCUT2D eigenvalue weighted by Crippen LogP contribution is -2.38. The van der Waals surface area contributed by atoms with E-state index >= 15 is 0 Å². The summed E-state index contributed by atoms with van der Waals surface area (Å²) in [6.07, 6.45) is -1.70. The van der Waals surface area contributed by atoms with Crippen LogP contribution in [0.5, 0.6) is 11.5 Å². The Balaban J connectivity index is 1.63. The molecule has 8 nitrogen and oxygen atoms in total. The highest BCUT2D eigenvalue weighted by molar-refractivity contribution is 7.89. The van der Waals surface area contributed by atoms with Crippen molar-refractivity contribution in [1.82, 2.24) is 9.62 Å². The number of nitrogens with zero attached hydrogens (tertiary/aromatic N) is 2. The van der Waals surface area contributed by atoms with E-state index in [0.29, 0.717) is 29.2 Å². The maximum absolute atomic E-state index is 13.8. The number of aliphatic imine (C=N–C) groups is 1. The van der Waals surface area contributed by atoms with Gasteiger partial charge in [-0.2, -0.15) is 0 Å². The molecular formula is C23H22F4N4O4S. The molecule has 2 heterocycles. The van der Waals surface area contributed by atoms with Gasteiger partial charge < -0.3 is 20.1 Å². The molecular weight excluding hydrogens is 504 g/mol. The molecule has 0 bridgehead atoms. The minimum Gasteiger partial charge on any atom is -0.494 e. The maximum atomic E-state index is 13.8. The van der Waals surface area contributed by atoms with E-state index < -0.39 is 34.0 Å². The Kier molecular flexibility index (Phi) is 6.96. The van der Waals surface area contributed by atoms with Gasteiger partial charge in [0.2, 0.25) is 0 Å². The third-order valence-electron chi connectivity index (χ3n) is 5.49. The zero-order valence-electron chi connectivity index (χ0n) is 19.1. The Morgan fingerprint density at radius 1 is 1.19 bits per heavy atom. The fraction of sp³-hybridized carbons (Fsp3) is 0.261. The second-order valence-corrected chi connectivity index (χ2v) is 9.74. The molecule has 36 heavy (non-hydrogen) atoms. The number of fused-ring (bicyclic) bond motifs is 1. The Morgan fingerprint density at radius 3 is 2.64 bits per heavy atom. The van der Waals surface area contributed by atoms with Gasteiger partial charge in [0.1, 0.15) is 23.2 Å². The molecule has 4 rings (SSSR count). The summed E-state index contributed by atoms with van der Waals surface area (Å²) in [5, 5.41) is 5.98. The van der Waals surface area contributed by atoms with Crippen molar-refractivity contribution in [2.75, 3.05) is 26.0 Å². The summed E-state index contributed by atoms with van der Waals surface area (Å²) in [4.78, 5) is 4.20. The molecule has 0 saturated carbocycles. The lowest BCUT2D eigenvalue weighted by atomic mass is 9.99. The number of amidine groups is 1. The quantitative estimate of drug-likeness (QED) is 0.530. The van der Waals surface area contributed by atoms with Gasteiger partial charge in [-0.05, 0) is 43.0 Å². The number of likely N-dealkylation sites (N-methyl/N-ethyl adjacent to an activating group) is 1. The monoisotopic (exact) mass is 526 g/mol. The highest BCUT2D eigenvalue weighted by Gasteiger charge is 2.40. The smallest absolute Gasteiger partial charge is 0.494 e. The van der Waals surface area contributed by atoms with Gasteiger partial charge in [-0.1, -0.05) is 6.07 Å². The molecule has 2 N–H and O–H groups in total. The predicted octanol–water partition coefficient (Wildman–Crippen LogP) is 4.01. The van der Waals surface area contributed by atoms with Crippen molar-refractivity contribution in [2.24, 2.45) is 4.99 Å². The summed E-state index contributed by atoms with van der Waals surface area (Å²) < 4.78 is 88.5. The highest BCUT2D eigenvalue weighted by Crippen LogP contribution is 2.38. The van der Waals surface area contributed by atoms with Gasteiger partial charge in [-0.15, -0.1) is 13.2 Å². The third kappa shape index (κ3) is 5.31. The molecule has 2 aliphatic rings. The van der Waals surface area contributed by atoms with Gasteiger partial charge in [0.25, 0.3) is 10.0 Å². The number of hydrogen-bond acceptors (Lipinski definition) is 7. The number of anilines is 1. The number of methoxy groups -OCH3 is 1. The number of rotatable bonds is 7. The normalized spacial score (nSPS) is 17.7. The molecule has 0 saturated heterocycles. The van der Waals surface area contributed by atoms with E-state index in [2.05, 4.69) is 20.4 Å². The molecule has 0 amide bonds. The summed E-state index contributed by atoms with van der Waals surface area (Å²) >= 11 is 0. The van der Waals surface area contributed by atoms with Gasteiger partial charge >= 0.3 is 6.36 Å². The fourth-order valence-corrected chi connectivity index (χ4v) is 5.50. The fourth-order valence-electron chi connectivity index (χ4n) is 3.96. The summed E-state index contributed by atoms with van der Waals surface area (Å²) in [5.74, 6) is -0.714. The largest absolute Gasteiger partial charge is 0.573 e. The van der Waals surface area contributed by atoms with Gasteiger partial charge in [-0.3, -0.25) is 4.31 Å². The minimum atomic E-state index is -4.86. The van der Waals surface area contributed by atoms with Crippen LogP contribution < -0.4 is 20.1 Å². The number of sulfonamides is 1. The molecule has 192 valence electrons. The lowest BCUT2D eigenvalue weighted by Gasteiger charge is -2.29. The highest BCUT2D eigenvalue weighted by atomic mass is 32.2. The lowest BCUT2D eigenvalue weighted by molar-refractivity contribution is -0.274. The third-order valence-corrected chi connectivity index (χ3v) is 7.26. The number of hydrogen-bond donors (Lipinski definition) is 2. The molecule has 0 aromatic heterocycles. The number of benzene rings is 2. The van der Waals surface area contributed by atoms with Gasteiger partial charge in [0.05, 0.1) is 23.7 Å². The zero-order valence-corrected chi connectivity index (χ0v) is 20.0. The maximum Gasteiger partial charge on any atom is 0.573 e. The Morgan fingerprint density at radius 2 is 1.97 bits per heavy atom. The van der Waals surface area contributed by atoms with Crippen molar-refractivity contribution in [3.63, 3.8) is 0 Å². The van der Waals surface area contributed by atoms with Crippen LogP contribution in [0.15, 0.2) is 75.9 Å². The van der Waals surface area contributed by atoms with Crippen LogP contribution in [0.25, 0.3) is 0 Å². The van der Waals surface area contributed by atoms with Crippen molar-refractivity contribution in [3.8, 4) is 11.5 Å². The second-order valence-electron chi connectivity index (χ2n) is 7.89. The van der Waals surface area contributed by atoms with Crippen LogP contribution in [0.1, 0.15) is 6.42 Å². The molecule has 1 atom stereocenters. The first-order valence-corrected chi connectivity index (χ1v) is 12.1. The first kappa shape index (κ1) is 25.5. The van der Waals surface area contributed by atoms with E-state index in [9.17, 15) is 26.0 Å².